The standard InChI is InChI=1S/C23H17Cl2N5O/c24-15-9-14(12-26)10-16(11-15)31-22-18-4-2-8-30(21(18)6-5-19(22)25)13-20-17-3-1-7-27-23(17)29-28-20/h1,3,5-7,9-11H,2,4,8,13H2,(H,27,28,29). The summed E-state index contributed by atoms with van der Waals surface area (Å²) in [6.07, 6.45) is 3.55. The Morgan fingerprint density at radius 2 is 2.10 bits per heavy atom. The third-order valence-corrected chi connectivity index (χ3v) is 5.88. The third-order valence-electron chi connectivity index (χ3n) is 5.36. The Hall–Kier alpha value is -3.27. The molecule has 4 aromatic rings. The van der Waals surface area contributed by atoms with E-state index in [1.807, 2.05) is 24.3 Å². The minimum atomic E-state index is 0.434. The molecule has 0 spiro atoms. The summed E-state index contributed by atoms with van der Waals surface area (Å²) in [5, 5.41) is 18.7. The molecule has 31 heavy (non-hydrogen) atoms. The average molecular weight is 450 g/mol. The zero-order chi connectivity index (χ0) is 21.4. The average Bonchev–Trinajstić information content (AvgIpc) is 3.18. The molecule has 2 aromatic carbocycles. The van der Waals surface area contributed by atoms with Gasteiger partial charge in [-0.05, 0) is 55.3 Å². The van der Waals surface area contributed by atoms with Crippen LogP contribution in [0.4, 0.5) is 5.69 Å². The quantitative estimate of drug-likeness (QED) is 0.420. The van der Waals surface area contributed by atoms with E-state index in [4.69, 9.17) is 27.9 Å². The van der Waals surface area contributed by atoms with Crippen molar-refractivity contribution in [2.45, 2.75) is 19.4 Å². The highest BCUT2D eigenvalue weighted by Crippen LogP contribution is 2.42. The lowest BCUT2D eigenvalue weighted by atomic mass is 10.00. The number of nitriles is 1. The first-order valence-electron chi connectivity index (χ1n) is 9.85. The molecule has 1 N–H and O–H groups in total. The third kappa shape index (κ3) is 3.78. The van der Waals surface area contributed by atoms with E-state index in [0.29, 0.717) is 33.7 Å². The number of pyridine rings is 1. The molecule has 3 heterocycles. The van der Waals surface area contributed by atoms with Gasteiger partial charge in [0, 0.05) is 34.4 Å². The maximum absolute atomic E-state index is 9.22. The zero-order valence-corrected chi connectivity index (χ0v) is 17.9. The van der Waals surface area contributed by atoms with E-state index in [0.717, 1.165) is 47.4 Å². The second-order valence-corrected chi connectivity index (χ2v) is 8.20. The van der Waals surface area contributed by atoms with Crippen LogP contribution in [0.3, 0.4) is 0 Å². The summed E-state index contributed by atoms with van der Waals surface area (Å²) in [6.45, 7) is 1.55. The van der Waals surface area contributed by atoms with Gasteiger partial charge in [0.1, 0.15) is 5.75 Å². The lowest BCUT2D eigenvalue weighted by Gasteiger charge is -2.32. The van der Waals surface area contributed by atoms with Gasteiger partial charge in [0.25, 0.3) is 0 Å². The highest BCUT2D eigenvalue weighted by Gasteiger charge is 2.24. The van der Waals surface area contributed by atoms with Crippen molar-refractivity contribution in [2.24, 2.45) is 0 Å². The lowest BCUT2D eigenvalue weighted by Crippen LogP contribution is -2.29. The maximum atomic E-state index is 9.22. The highest BCUT2D eigenvalue weighted by atomic mass is 35.5. The van der Waals surface area contributed by atoms with E-state index in [1.54, 1.807) is 24.4 Å². The van der Waals surface area contributed by atoms with Crippen LogP contribution in [-0.4, -0.2) is 21.7 Å². The second kappa shape index (κ2) is 8.10. The van der Waals surface area contributed by atoms with E-state index in [1.165, 1.54) is 0 Å². The van der Waals surface area contributed by atoms with Crippen LogP contribution in [0.1, 0.15) is 23.2 Å². The van der Waals surface area contributed by atoms with Gasteiger partial charge in [-0.15, -0.1) is 0 Å². The Kier molecular flexibility index (Phi) is 5.14. The van der Waals surface area contributed by atoms with Crippen LogP contribution in [-0.2, 0) is 13.0 Å². The topological polar surface area (TPSA) is 77.8 Å². The van der Waals surface area contributed by atoms with Gasteiger partial charge in [0.2, 0.25) is 0 Å². The van der Waals surface area contributed by atoms with Crippen LogP contribution >= 0.6 is 23.2 Å². The van der Waals surface area contributed by atoms with Crippen LogP contribution < -0.4 is 9.64 Å². The van der Waals surface area contributed by atoms with Crippen LogP contribution in [0, 0.1) is 11.3 Å². The van der Waals surface area contributed by atoms with Gasteiger partial charge in [0.05, 0.1) is 28.9 Å². The van der Waals surface area contributed by atoms with E-state index in [9.17, 15) is 5.26 Å². The van der Waals surface area contributed by atoms with Crippen LogP contribution in [0.25, 0.3) is 11.0 Å². The SMILES string of the molecule is N#Cc1cc(Cl)cc(Oc2c(Cl)ccc3c2CCCN3Cc2n[nH]c3ncccc23)c1. The predicted octanol–water partition coefficient (Wildman–Crippen LogP) is 5.88. The molecule has 0 bridgehead atoms. The number of hydrogen-bond donors (Lipinski definition) is 1. The minimum Gasteiger partial charge on any atom is -0.455 e. The van der Waals surface area contributed by atoms with Gasteiger partial charge in [0.15, 0.2) is 11.4 Å². The van der Waals surface area contributed by atoms with Crippen molar-refractivity contribution in [1.82, 2.24) is 15.2 Å². The molecule has 0 saturated carbocycles. The van der Waals surface area contributed by atoms with E-state index >= 15 is 0 Å². The molecule has 0 radical (unpaired) electrons. The Morgan fingerprint density at radius 3 is 2.97 bits per heavy atom. The number of anilines is 1. The summed E-state index contributed by atoms with van der Waals surface area (Å²) < 4.78 is 6.16. The molecule has 6 nitrogen and oxygen atoms in total. The van der Waals surface area contributed by atoms with E-state index in [2.05, 4.69) is 26.2 Å². The van der Waals surface area contributed by atoms with Crippen molar-refractivity contribution < 1.29 is 4.74 Å². The Morgan fingerprint density at radius 1 is 1.19 bits per heavy atom. The smallest absolute Gasteiger partial charge is 0.155 e. The minimum absolute atomic E-state index is 0.434. The lowest BCUT2D eigenvalue weighted by molar-refractivity contribution is 0.472. The number of benzene rings is 2. The Labute approximate surface area is 189 Å². The number of hydrogen-bond acceptors (Lipinski definition) is 5. The molecule has 8 heteroatoms. The first-order valence-corrected chi connectivity index (χ1v) is 10.6. The largest absolute Gasteiger partial charge is 0.455 e. The van der Waals surface area contributed by atoms with Gasteiger partial charge < -0.3 is 9.64 Å². The summed E-state index contributed by atoms with van der Waals surface area (Å²) in [4.78, 5) is 6.61. The number of rotatable bonds is 4. The molecule has 1 aliphatic rings. The number of ether oxygens (including phenoxy) is 1. The van der Waals surface area contributed by atoms with Gasteiger partial charge in [-0.2, -0.15) is 10.4 Å². The van der Waals surface area contributed by atoms with Gasteiger partial charge in [-0.25, -0.2) is 4.98 Å². The fourth-order valence-electron chi connectivity index (χ4n) is 3.98. The molecule has 0 fully saturated rings. The summed E-state index contributed by atoms with van der Waals surface area (Å²) in [6, 6.07) is 14.8. The first-order chi connectivity index (χ1) is 15.1. The number of nitrogens with one attached hydrogen (secondary N) is 1. The van der Waals surface area contributed by atoms with Crippen LogP contribution in [0.5, 0.6) is 11.5 Å². The van der Waals surface area contributed by atoms with Crippen molar-refractivity contribution in [1.29, 1.82) is 5.26 Å². The molecule has 0 unspecified atom stereocenters. The molecule has 154 valence electrons. The number of nitrogens with zero attached hydrogens (tertiary/aromatic N) is 4. The van der Waals surface area contributed by atoms with Crippen LogP contribution in [0.2, 0.25) is 10.0 Å². The van der Waals surface area contributed by atoms with Gasteiger partial charge in [-0.1, -0.05) is 23.2 Å². The normalized spacial score (nSPS) is 13.1. The number of H-pyrrole nitrogens is 1. The molecular weight excluding hydrogens is 433 g/mol. The number of halogens is 2. The van der Waals surface area contributed by atoms with E-state index in [-0.39, 0.29) is 0 Å². The Bertz CT molecular complexity index is 1330. The molecule has 5 rings (SSSR count). The number of aromatic amines is 1. The molecule has 0 atom stereocenters. The Balaban J connectivity index is 1.50. The van der Waals surface area contributed by atoms with Crippen molar-refractivity contribution in [3.05, 3.63) is 75.5 Å². The van der Waals surface area contributed by atoms with Crippen molar-refractivity contribution in [2.75, 3.05) is 11.4 Å². The molecule has 1 aliphatic heterocycles. The van der Waals surface area contributed by atoms with Gasteiger partial charge in [-0.3, -0.25) is 5.10 Å². The van der Waals surface area contributed by atoms with Crippen molar-refractivity contribution in [3.8, 4) is 17.6 Å². The van der Waals surface area contributed by atoms with Crippen LogP contribution in [0.15, 0.2) is 48.7 Å². The number of aromatic nitrogens is 3. The fourth-order valence-corrected chi connectivity index (χ4v) is 4.42. The zero-order valence-electron chi connectivity index (χ0n) is 16.4. The highest BCUT2D eigenvalue weighted by molar-refractivity contribution is 6.32. The maximum Gasteiger partial charge on any atom is 0.155 e. The van der Waals surface area contributed by atoms with Crippen molar-refractivity contribution >= 4 is 39.9 Å². The summed E-state index contributed by atoms with van der Waals surface area (Å²) in [5.41, 5.74) is 4.26. The molecule has 0 saturated heterocycles. The van der Waals surface area contributed by atoms with Gasteiger partial charge >= 0.3 is 0 Å². The number of fused-ring (bicyclic) bond motifs is 2. The monoisotopic (exact) mass is 449 g/mol. The van der Waals surface area contributed by atoms with Crippen molar-refractivity contribution in [3.63, 3.8) is 0 Å². The summed E-state index contributed by atoms with van der Waals surface area (Å²) in [5.74, 6) is 1.09. The summed E-state index contributed by atoms with van der Waals surface area (Å²) >= 11 is 12.7. The van der Waals surface area contributed by atoms with E-state index < -0.39 is 0 Å². The molecule has 0 aliphatic carbocycles. The first kappa shape index (κ1) is 19.7. The fraction of sp³-hybridized carbons (Fsp3) is 0.174. The molecular formula is C23H17Cl2N5O. The molecule has 2 aromatic heterocycles. The predicted molar refractivity (Wildman–Crippen MR) is 121 cm³/mol. The summed E-state index contributed by atoms with van der Waals surface area (Å²) in [7, 11) is 0. The molecule has 0 amide bonds. The second-order valence-electron chi connectivity index (χ2n) is 7.36.